The summed E-state index contributed by atoms with van der Waals surface area (Å²) in [7, 11) is 0. The predicted molar refractivity (Wildman–Crippen MR) is 67.8 cm³/mol. The van der Waals surface area contributed by atoms with Gasteiger partial charge < -0.3 is 4.74 Å². The molecule has 1 aliphatic carbocycles. The van der Waals surface area contributed by atoms with Gasteiger partial charge in [0.1, 0.15) is 12.1 Å². The van der Waals surface area contributed by atoms with Crippen molar-refractivity contribution in [2.24, 2.45) is 4.99 Å². The lowest BCUT2D eigenvalue weighted by Gasteiger charge is -2.14. The first kappa shape index (κ1) is 9.85. The summed E-state index contributed by atoms with van der Waals surface area (Å²) in [5.41, 5.74) is 1.04. The van der Waals surface area contributed by atoms with Gasteiger partial charge in [-0.2, -0.15) is 0 Å². The van der Waals surface area contributed by atoms with Crippen molar-refractivity contribution in [2.45, 2.75) is 12.1 Å². The molecule has 0 saturated heterocycles. The Kier molecular flexibility index (Phi) is 2.40. The fraction of sp³-hybridized carbons (Fsp3) is 0.154. The van der Waals surface area contributed by atoms with E-state index < -0.39 is 0 Å². The summed E-state index contributed by atoms with van der Waals surface area (Å²) in [6, 6.07) is 10.1. The standard InChI is InChI=1S/C13H10BrNO/c14-10-6-7-12-11(8-10)15-13(16-12)9-4-2-1-3-5-9/h1-8,11-12H. The second kappa shape index (κ2) is 3.91. The summed E-state index contributed by atoms with van der Waals surface area (Å²) in [4.78, 5) is 4.57. The Morgan fingerprint density at radius 1 is 1.19 bits per heavy atom. The predicted octanol–water partition coefficient (Wildman–Crippen LogP) is 3.05. The monoisotopic (exact) mass is 275 g/mol. The molecule has 1 aromatic carbocycles. The van der Waals surface area contributed by atoms with E-state index in [-0.39, 0.29) is 12.1 Å². The number of rotatable bonds is 1. The lowest BCUT2D eigenvalue weighted by atomic mass is 10.1. The molecule has 2 atom stereocenters. The summed E-state index contributed by atoms with van der Waals surface area (Å²) in [6.07, 6.45) is 6.16. The summed E-state index contributed by atoms with van der Waals surface area (Å²) < 4.78 is 6.86. The highest BCUT2D eigenvalue weighted by Gasteiger charge is 2.29. The molecule has 0 bridgehead atoms. The summed E-state index contributed by atoms with van der Waals surface area (Å²) >= 11 is 3.45. The SMILES string of the molecule is BrC1=CC2N=C(c3ccccc3)OC2C=C1. The van der Waals surface area contributed by atoms with Crippen LogP contribution >= 0.6 is 15.9 Å². The molecule has 1 heterocycles. The minimum absolute atomic E-state index is 0.0523. The molecule has 0 saturated carbocycles. The second-order valence-corrected chi connectivity index (χ2v) is 4.70. The molecule has 1 aromatic rings. The van der Waals surface area contributed by atoms with Crippen molar-refractivity contribution in [1.82, 2.24) is 0 Å². The van der Waals surface area contributed by atoms with Gasteiger partial charge in [-0.05, 0) is 30.4 Å². The maximum atomic E-state index is 5.80. The summed E-state index contributed by atoms with van der Waals surface area (Å²) in [6.45, 7) is 0. The molecule has 0 N–H and O–H groups in total. The van der Waals surface area contributed by atoms with Crippen molar-refractivity contribution >= 4 is 21.8 Å². The van der Waals surface area contributed by atoms with Gasteiger partial charge in [-0.1, -0.05) is 34.1 Å². The van der Waals surface area contributed by atoms with Crippen LogP contribution in [0.4, 0.5) is 0 Å². The van der Waals surface area contributed by atoms with E-state index >= 15 is 0 Å². The topological polar surface area (TPSA) is 21.6 Å². The first-order valence-electron chi connectivity index (χ1n) is 5.18. The molecule has 2 unspecified atom stereocenters. The number of ether oxygens (including phenoxy) is 1. The first-order chi connectivity index (χ1) is 7.83. The van der Waals surface area contributed by atoms with Crippen LogP contribution in [0.15, 0.2) is 58.0 Å². The summed E-state index contributed by atoms with van der Waals surface area (Å²) in [5.74, 6) is 0.735. The lowest BCUT2D eigenvalue weighted by molar-refractivity contribution is 0.255. The minimum atomic E-state index is 0.0523. The van der Waals surface area contributed by atoms with E-state index in [2.05, 4.69) is 27.0 Å². The van der Waals surface area contributed by atoms with E-state index in [4.69, 9.17) is 4.74 Å². The Morgan fingerprint density at radius 2 is 2.00 bits per heavy atom. The smallest absolute Gasteiger partial charge is 0.217 e. The largest absolute Gasteiger partial charge is 0.467 e. The number of benzene rings is 1. The number of halogens is 1. The van der Waals surface area contributed by atoms with Gasteiger partial charge in [0.15, 0.2) is 0 Å². The Labute approximate surface area is 102 Å². The minimum Gasteiger partial charge on any atom is -0.467 e. The maximum absolute atomic E-state index is 5.80. The Hall–Kier alpha value is -1.35. The number of fused-ring (bicyclic) bond motifs is 1. The number of allylic oxidation sites excluding steroid dienone is 2. The maximum Gasteiger partial charge on any atom is 0.217 e. The van der Waals surface area contributed by atoms with Gasteiger partial charge in [-0.25, -0.2) is 4.99 Å². The van der Waals surface area contributed by atoms with Crippen molar-refractivity contribution < 1.29 is 4.74 Å². The fourth-order valence-corrected chi connectivity index (χ4v) is 2.28. The highest BCUT2D eigenvalue weighted by atomic mass is 79.9. The van der Waals surface area contributed by atoms with Crippen LogP contribution < -0.4 is 0 Å². The lowest BCUT2D eigenvalue weighted by Crippen LogP contribution is -2.20. The van der Waals surface area contributed by atoms with Crippen LogP contribution in [0.1, 0.15) is 5.56 Å². The van der Waals surface area contributed by atoms with Gasteiger partial charge in [0.05, 0.1) is 0 Å². The average molecular weight is 276 g/mol. The third-order valence-corrected chi connectivity index (χ3v) is 3.18. The van der Waals surface area contributed by atoms with E-state index in [9.17, 15) is 0 Å². The molecule has 1 aliphatic heterocycles. The molecule has 3 rings (SSSR count). The number of hydrogen-bond donors (Lipinski definition) is 0. The number of nitrogens with zero attached hydrogens (tertiary/aromatic N) is 1. The van der Waals surface area contributed by atoms with Gasteiger partial charge in [-0.3, -0.25) is 0 Å². The van der Waals surface area contributed by atoms with Gasteiger partial charge in [0, 0.05) is 10.0 Å². The highest BCUT2D eigenvalue weighted by Crippen LogP contribution is 2.26. The van der Waals surface area contributed by atoms with E-state index in [1.807, 2.05) is 42.5 Å². The Bertz CT molecular complexity index is 490. The normalized spacial score (nSPS) is 26.8. The van der Waals surface area contributed by atoms with Gasteiger partial charge in [-0.15, -0.1) is 0 Å². The molecule has 2 nitrogen and oxygen atoms in total. The number of aliphatic imine (C=N–C) groups is 1. The Morgan fingerprint density at radius 3 is 2.81 bits per heavy atom. The second-order valence-electron chi connectivity index (χ2n) is 3.78. The first-order valence-corrected chi connectivity index (χ1v) is 5.97. The molecule has 0 radical (unpaired) electrons. The third-order valence-electron chi connectivity index (χ3n) is 2.65. The fourth-order valence-electron chi connectivity index (χ4n) is 1.85. The highest BCUT2D eigenvalue weighted by molar-refractivity contribution is 9.11. The van der Waals surface area contributed by atoms with Crippen molar-refractivity contribution in [3.05, 3.63) is 58.6 Å². The van der Waals surface area contributed by atoms with Crippen LogP contribution in [0.2, 0.25) is 0 Å². The van der Waals surface area contributed by atoms with Crippen molar-refractivity contribution in [3.63, 3.8) is 0 Å². The quantitative estimate of drug-likeness (QED) is 0.772. The van der Waals surface area contributed by atoms with Crippen LogP contribution in [-0.2, 0) is 4.74 Å². The van der Waals surface area contributed by atoms with Crippen LogP contribution in [0.3, 0.4) is 0 Å². The van der Waals surface area contributed by atoms with Gasteiger partial charge in [0.2, 0.25) is 5.90 Å². The zero-order chi connectivity index (χ0) is 11.0. The molecular weight excluding hydrogens is 266 g/mol. The molecule has 0 fully saturated rings. The molecule has 0 amide bonds. The molecular formula is C13H10BrNO. The van der Waals surface area contributed by atoms with Crippen LogP contribution in [0.5, 0.6) is 0 Å². The van der Waals surface area contributed by atoms with E-state index in [0.717, 1.165) is 15.9 Å². The van der Waals surface area contributed by atoms with Crippen molar-refractivity contribution in [3.8, 4) is 0 Å². The summed E-state index contributed by atoms with van der Waals surface area (Å²) in [5, 5.41) is 0. The van der Waals surface area contributed by atoms with Crippen molar-refractivity contribution in [1.29, 1.82) is 0 Å². The third kappa shape index (κ3) is 1.71. The molecule has 0 aromatic heterocycles. The molecule has 16 heavy (non-hydrogen) atoms. The van der Waals surface area contributed by atoms with Crippen LogP contribution in [-0.4, -0.2) is 18.0 Å². The Balaban J connectivity index is 1.91. The molecule has 2 aliphatic rings. The number of hydrogen-bond acceptors (Lipinski definition) is 2. The zero-order valence-corrected chi connectivity index (χ0v) is 10.1. The molecule has 0 spiro atoms. The van der Waals surface area contributed by atoms with Gasteiger partial charge >= 0.3 is 0 Å². The van der Waals surface area contributed by atoms with Crippen LogP contribution in [0, 0.1) is 0 Å². The van der Waals surface area contributed by atoms with Crippen LogP contribution in [0.25, 0.3) is 0 Å². The molecule has 3 heteroatoms. The zero-order valence-electron chi connectivity index (χ0n) is 8.51. The van der Waals surface area contributed by atoms with Crippen molar-refractivity contribution in [2.75, 3.05) is 0 Å². The average Bonchev–Trinajstić information content (AvgIpc) is 2.73. The van der Waals surface area contributed by atoms with Gasteiger partial charge in [0.25, 0.3) is 0 Å². The van der Waals surface area contributed by atoms with E-state index in [1.165, 1.54) is 0 Å². The van der Waals surface area contributed by atoms with E-state index in [1.54, 1.807) is 0 Å². The van der Waals surface area contributed by atoms with E-state index in [0.29, 0.717) is 0 Å². The molecule has 80 valence electrons.